The molecular weight excluding hydrogens is 1110 g/mol. The molecule has 0 radical (unpaired) electrons. The van der Waals surface area contributed by atoms with E-state index in [1.807, 2.05) is 0 Å². The van der Waals surface area contributed by atoms with Crippen molar-refractivity contribution in [2.24, 2.45) is 0 Å². The second-order valence-electron chi connectivity index (χ2n) is 25.4. The lowest BCUT2D eigenvalue weighted by Gasteiger charge is -2.35. The van der Waals surface area contributed by atoms with Crippen molar-refractivity contribution in [2.45, 2.75) is 55.4 Å². The molecule has 92 heavy (non-hydrogen) atoms. The maximum Gasteiger partial charge on any atom is 0.0561 e. The molecule has 0 heterocycles. The van der Waals surface area contributed by atoms with Gasteiger partial charge in [-0.15, -0.1) is 0 Å². The molecule has 4 nitrogen and oxygen atoms in total. The number of benzene rings is 16. The first-order valence-electron chi connectivity index (χ1n) is 32.1. The van der Waals surface area contributed by atoms with Gasteiger partial charge in [0.2, 0.25) is 0 Å². The van der Waals surface area contributed by atoms with Crippen LogP contribution in [0.25, 0.3) is 75.4 Å². The van der Waals surface area contributed by atoms with Crippen LogP contribution in [0.3, 0.4) is 0 Å². The van der Waals surface area contributed by atoms with E-state index in [1.165, 1.54) is 98.4 Å². The summed E-state index contributed by atoms with van der Waals surface area (Å²) in [6.07, 6.45) is 0. The number of hydrogen-bond donors (Lipinski definition) is 0. The van der Waals surface area contributed by atoms with Crippen molar-refractivity contribution in [3.05, 3.63) is 324 Å². The van der Waals surface area contributed by atoms with Crippen LogP contribution in [0.5, 0.6) is 0 Å². The third-order valence-electron chi connectivity index (χ3n) is 19.4. The first kappa shape index (κ1) is 56.1. The molecule has 0 bridgehead atoms. The van der Waals surface area contributed by atoms with Gasteiger partial charge in [-0.25, -0.2) is 0 Å². The second kappa shape index (κ2) is 22.4. The Kier molecular flexibility index (Phi) is 13.6. The van der Waals surface area contributed by atoms with Crippen molar-refractivity contribution in [3.63, 3.8) is 0 Å². The standard InChI is InChI=1S/C88H70N4/c1-55-25-37-63(38-26-55)89(79-49-33-59(5)67-17-9-13-21-71(67)79)83-53-84(90(64-39-27-56(2)28-40-64)80-50-34-60(6)68-18-10-14-22-72(68)80)76-47-48-78-86(92(66-43-31-58(4)32-44-66)82-52-36-62(8)70-20-12-16-24-74(70)82)54-85(77-46-45-75(83)87(76)88(77)78)91(65-41-29-57(3)30-42-65)81-51-35-61(7)69-19-11-15-23-73(69)81/h9-54H,1-8H3. The molecule has 0 amide bonds. The molecule has 0 atom stereocenters. The molecule has 16 rings (SSSR count). The SMILES string of the molecule is Cc1ccc(N(c2ccc(C)c3ccccc23)c2cc(N(c3ccc(C)cc3)c3ccc(C)c4ccccc34)c3ccc4c(N(c5ccc(C)cc5)c5ccc(C)c6ccccc56)cc(N(c5ccc(C)cc5)c5ccc(C)c6ccccc56)c5ccc2c3c54)cc1. The Morgan fingerprint density at radius 3 is 0.565 bits per heavy atom. The molecule has 4 heteroatoms. The first-order valence-corrected chi connectivity index (χ1v) is 32.1. The average molecular weight is 1180 g/mol. The predicted octanol–water partition coefficient (Wildman–Crippen LogP) is 25.5. The summed E-state index contributed by atoms with van der Waals surface area (Å²) in [7, 11) is 0. The second-order valence-corrected chi connectivity index (χ2v) is 25.4. The predicted molar refractivity (Wildman–Crippen MR) is 397 cm³/mol. The molecule has 0 aromatic heterocycles. The van der Waals surface area contributed by atoms with Crippen LogP contribution in [0.15, 0.2) is 279 Å². The average Bonchev–Trinajstić information content (AvgIpc) is 0.701. The van der Waals surface area contributed by atoms with Crippen molar-refractivity contribution in [2.75, 3.05) is 19.6 Å². The van der Waals surface area contributed by atoms with Gasteiger partial charge in [0.25, 0.3) is 0 Å². The van der Waals surface area contributed by atoms with Crippen molar-refractivity contribution < 1.29 is 0 Å². The molecule has 0 unspecified atom stereocenters. The van der Waals surface area contributed by atoms with Gasteiger partial charge >= 0.3 is 0 Å². The molecule has 16 aromatic carbocycles. The molecule has 0 N–H and O–H groups in total. The fourth-order valence-corrected chi connectivity index (χ4v) is 14.6. The lowest BCUT2D eigenvalue weighted by Crippen LogP contribution is -2.16. The zero-order chi connectivity index (χ0) is 62.5. The molecule has 0 saturated heterocycles. The Morgan fingerprint density at radius 2 is 0.359 bits per heavy atom. The van der Waals surface area contributed by atoms with Crippen LogP contribution in [-0.4, -0.2) is 0 Å². The van der Waals surface area contributed by atoms with Crippen LogP contribution in [0.1, 0.15) is 44.5 Å². The minimum Gasteiger partial charge on any atom is -0.309 e. The van der Waals surface area contributed by atoms with Gasteiger partial charge in [-0.2, -0.15) is 0 Å². The summed E-state index contributed by atoms with van der Waals surface area (Å²) in [5, 5.41) is 16.5. The van der Waals surface area contributed by atoms with Crippen molar-refractivity contribution >= 4 is 144 Å². The van der Waals surface area contributed by atoms with E-state index in [-0.39, 0.29) is 0 Å². The van der Waals surface area contributed by atoms with Crippen LogP contribution in [0, 0.1) is 55.4 Å². The third kappa shape index (κ3) is 9.27. The lowest BCUT2D eigenvalue weighted by molar-refractivity contribution is 1.27. The quantitative estimate of drug-likeness (QED) is 0.113. The Morgan fingerprint density at radius 1 is 0.163 bits per heavy atom. The van der Waals surface area contributed by atoms with Gasteiger partial charge in [-0.05, 0) is 184 Å². The van der Waals surface area contributed by atoms with Gasteiger partial charge in [0.1, 0.15) is 0 Å². The van der Waals surface area contributed by atoms with E-state index < -0.39 is 0 Å². The van der Waals surface area contributed by atoms with Crippen LogP contribution < -0.4 is 19.6 Å². The topological polar surface area (TPSA) is 13.0 Å². The summed E-state index contributed by atoms with van der Waals surface area (Å²) < 4.78 is 0. The molecule has 16 aromatic rings. The molecule has 0 aliphatic heterocycles. The Balaban J connectivity index is 1.14. The number of rotatable bonds is 12. The van der Waals surface area contributed by atoms with Crippen molar-refractivity contribution in [1.29, 1.82) is 0 Å². The summed E-state index contributed by atoms with van der Waals surface area (Å²) in [6.45, 7) is 17.7. The summed E-state index contributed by atoms with van der Waals surface area (Å²) in [6, 6.07) is 106. The monoisotopic (exact) mass is 1180 g/mol. The van der Waals surface area contributed by atoms with Crippen LogP contribution in [0.2, 0.25) is 0 Å². The Hall–Kier alpha value is -11.2. The fourth-order valence-electron chi connectivity index (χ4n) is 14.6. The smallest absolute Gasteiger partial charge is 0.0561 e. The zero-order valence-corrected chi connectivity index (χ0v) is 53.3. The van der Waals surface area contributed by atoms with Crippen LogP contribution in [0.4, 0.5) is 68.2 Å². The minimum atomic E-state index is 1.07. The summed E-state index contributed by atoms with van der Waals surface area (Å²) >= 11 is 0. The van der Waals surface area contributed by atoms with E-state index in [0.29, 0.717) is 0 Å². The summed E-state index contributed by atoms with van der Waals surface area (Å²) in [4.78, 5) is 10.2. The van der Waals surface area contributed by atoms with Crippen molar-refractivity contribution in [3.8, 4) is 0 Å². The Bertz CT molecular complexity index is 4870. The molecular formula is C88H70N4. The molecule has 0 saturated carbocycles. The zero-order valence-electron chi connectivity index (χ0n) is 53.3. The third-order valence-corrected chi connectivity index (χ3v) is 19.4. The molecule has 0 fully saturated rings. The summed E-state index contributed by atoms with van der Waals surface area (Å²) in [5.74, 6) is 0. The normalized spacial score (nSPS) is 11.7. The van der Waals surface area contributed by atoms with Gasteiger partial charge in [-0.3, -0.25) is 0 Å². The van der Waals surface area contributed by atoms with Gasteiger partial charge in [-0.1, -0.05) is 216 Å². The number of fused-ring (bicyclic) bond motifs is 4. The largest absolute Gasteiger partial charge is 0.309 e. The minimum absolute atomic E-state index is 1.07. The number of nitrogens with zero attached hydrogens (tertiary/aromatic N) is 4. The van der Waals surface area contributed by atoms with Gasteiger partial charge in [0.05, 0.1) is 45.5 Å². The molecule has 0 aliphatic carbocycles. The number of anilines is 12. The Labute approximate surface area is 539 Å². The molecule has 0 spiro atoms. The maximum atomic E-state index is 2.55. The van der Waals surface area contributed by atoms with E-state index in [9.17, 15) is 0 Å². The van der Waals surface area contributed by atoms with Gasteiger partial charge in [0, 0.05) is 76.6 Å². The molecule has 442 valence electrons. The van der Waals surface area contributed by atoms with E-state index in [4.69, 9.17) is 0 Å². The number of hydrogen-bond acceptors (Lipinski definition) is 4. The van der Waals surface area contributed by atoms with Crippen molar-refractivity contribution in [1.82, 2.24) is 0 Å². The van der Waals surface area contributed by atoms with Crippen LogP contribution >= 0.6 is 0 Å². The van der Waals surface area contributed by atoms with Crippen LogP contribution in [-0.2, 0) is 0 Å². The highest BCUT2D eigenvalue weighted by molar-refractivity contribution is 6.33. The molecule has 0 aliphatic rings. The highest BCUT2D eigenvalue weighted by Crippen LogP contribution is 2.57. The van der Waals surface area contributed by atoms with E-state index in [1.54, 1.807) is 0 Å². The highest BCUT2D eigenvalue weighted by atomic mass is 15.2. The summed E-state index contributed by atoms with van der Waals surface area (Å²) in [5.41, 5.74) is 22.7. The van der Waals surface area contributed by atoms with E-state index in [2.05, 4.69) is 354 Å². The van der Waals surface area contributed by atoms with E-state index >= 15 is 0 Å². The maximum absolute atomic E-state index is 2.55. The first-order chi connectivity index (χ1) is 44.9. The van der Waals surface area contributed by atoms with Gasteiger partial charge in [0.15, 0.2) is 0 Å². The highest BCUT2D eigenvalue weighted by Gasteiger charge is 2.31. The number of aryl methyl sites for hydroxylation is 8. The van der Waals surface area contributed by atoms with E-state index in [0.717, 1.165) is 89.8 Å². The van der Waals surface area contributed by atoms with Gasteiger partial charge < -0.3 is 19.6 Å². The lowest BCUT2D eigenvalue weighted by atomic mass is 9.88. The fraction of sp³-hybridized carbons (Fsp3) is 0.0909.